The first kappa shape index (κ1) is 13.9. The molecule has 0 saturated heterocycles. The highest BCUT2D eigenvalue weighted by atomic mass is 16.5. The van der Waals surface area contributed by atoms with E-state index in [0.29, 0.717) is 0 Å². The molecule has 4 nitrogen and oxygen atoms in total. The van der Waals surface area contributed by atoms with Crippen molar-refractivity contribution in [2.24, 2.45) is 0 Å². The lowest BCUT2D eigenvalue weighted by atomic mass is 10.1. The van der Waals surface area contributed by atoms with Crippen LogP contribution in [0.5, 0.6) is 11.5 Å². The number of pyridine rings is 1. The number of hydrogen-bond acceptors (Lipinski definition) is 4. The number of fused-ring (bicyclic) bond motifs is 1. The molecule has 4 heteroatoms. The van der Waals surface area contributed by atoms with E-state index in [-0.39, 0.29) is 0 Å². The van der Waals surface area contributed by atoms with Crippen molar-refractivity contribution in [2.45, 2.75) is 19.5 Å². The van der Waals surface area contributed by atoms with Crippen LogP contribution < -0.4 is 9.47 Å². The van der Waals surface area contributed by atoms with Crippen LogP contribution in [-0.4, -0.2) is 30.1 Å². The molecule has 1 aliphatic rings. The van der Waals surface area contributed by atoms with Gasteiger partial charge >= 0.3 is 0 Å². The average molecular weight is 284 g/mol. The predicted octanol–water partition coefficient (Wildman–Crippen LogP) is 2.87. The molecule has 0 atom stereocenters. The van der Waals surface area contributed by atoms with Gasteiger partial charge in [0.1, 0.15) is 0 Å². The Bertz CT molecular complexity index is 587. The molecule has 21 heavy (non-hydrogen) atoms. The van der Waals surface area contributed by atoms with Gasteiger partial charge in [0, 0.05) is 37.6 Å². The summed E-state index contributed by atoms with van der Waals surface area (Å²) in [5.41, 5.74) is 2.47. The van der Waals surface area contributed by atoms with Crippen LogP contribution in [0, 0.1) is 0 Å². The summed E-state index contributed by atoms with van der Waals surface area (Å²) in [6.07, 6.45) is 4.71. The van der Waals surface area contributed by atoms with Gasteiger partial charge in [0.15, 0.2) is 11.5 Å². The van der Waals surface area contributed by atoms with Crippen molar-refractivity contribution in [1.29, 1.82) is 0 Å². The summed E-state index contributed by atoms with van der Waals surface area (Å²) in [7, 11) is 1.69. The molecule has 0 spiro atoms. The Balaban J connectivity index is 1.81. The molecule has 0 radical (unpaired) electrons. The third-order valence-electron chi connectivity index (χ3n) is 3.69. The van der Waals surface area contributed by atoms with E-state index < -0.39 is 0 Å². The summed E-state index contributed by atoms with van der Waals surface area (Å²) in [5, 5.41) is 0. The van der Waals surface area contributed by atoms with Gasteiger partial charge in [0.05, 0.1) is 13.7 Å². The SMILES string of the molecule is COc1cccc2c1OCCCN(Cc1ccncc1)C2. The van der Waals surface area contributed by atoms with Gasteiger partial charge in [-0.2, -0.15) is 0 Å². The number of nitrogens with zero attached hydrogens (tertiary/aromatic N) is 2. The van der Waals surface area contributed by atoms with E-state index in [2.05, 4.69) is 28.1 Å². The van der Waals surface area contributed by atoms with Crippen LogP contribution >= 0.6 is 0 Å². The highest BCUT2D eigenvalue weighted by Gasteiger charge is 2.17. The number of ether oxygens (including phenoxy) is 2. The first-order chi connectivity index (χ1) is 10.4. The number of hydrogen-bond donors (Lipinski definition) is 0. The third kappa shape index (κ3) is 3.34. The molecule has 0 fully saturated rings. The number of aromatic nitrogens is 1. The van der Waals surface area contributed by atoms with Crippen molar-refractivity contribution in [1.82, 2.24) is 9.88 Å². The van der Waals surface area contributed by atoms with Crippen LogP contribution in [-0.2, 0) is 13.1 Å². The maximum absolute atomic E-state index is 5.89. The lowest BCUT2D eigenvalue weighted by Gasteiger charge is -2.27. The number of benzene rings is 1. The van der Waals surface area contributed by atoms with Crippen LogP contribution in [0.25, 0.3) is 0 Å². The monoisotopic (exact) mass is 284 g/mol. The Kier molecular flexibility index (Phi) is 4.36. The number of para-hydroxylation sites is 1. The molecule has 1 aromatic carbocycles. The second-order valence-corrected chi connectivity index (χ2v) is 5.22. The Labute approximate surface area is 125 Å². The Morgan fingerprint density at radius 2 is 2.10 bits per heavy atom. The van der Waals surface area contributed by atoms with Crippen molar-refractivity contribution in [2.75, 3.05) is 20.3 Å². The maximum atomic E-state index is 5.89. The standard InChI is InChI=1S/C17H20N2O2/c1-20-16-5-2-4-15-13-19(10-3-11-21-17(15)16)12-14-6-8-18-9-7-14/h2,4-9H,3,10-13H2,1H3. The third-order valence-corrected chi connectivity index (χ3v) is 3.69. The van der Waals surface area contributed by atoms with Crippen LogP contribution in [0.3, 0.4) is 0 Å². The van der Waals surface area contributed by atoms with E-state index >= 15 is 0 Å². The summed E-state index contributed by atoms with van der Waals surface area (Å²) >= 11 is 0. The van der Waals surface area contributed by atoms with Gasteiger partial charge in [0.2, 0.25) is 0 Å². The molecule has 0 unspecified atom stereocenters. The highest BCUT2D eigenvalue weighted by Crippen LogP contribution is 2.33. The average Bonchev–Trinajstić information content (AvgIpc) is 2.50. The topological polar surface area (TPSA) is 34.6 Å². The van der Waals surface area contributed by atoms with Gasteiger partial charge in [-0.05, 0) is 30.2 Å². The molecule has 110 valence electrons. The van der Waals surface area contributed by atoms with Crippen molar-refractivity contribution in [3.63, 3.8) is 0 Å². The number of methoxy groups -OCH3 is 1. The molecular weight excluding hydrogens is 264 g/mol. The Morgan fingerprint density at radius 3 is 2.90 bits per heavy atom. The van der Waals surface area contributed by atoms with E-state index in [4.69, 9.17) is 9.47 Å². The van der Waals surface area contributed by atoms with Crippen molar-refractivity contribution < 1.29 is 9.47 Å². The van der Waals surface area contributed by atoms with Crippen LogP contribution in [0.1, 0.15) is 17.5 Å². The summed E-state index contributed by atoms with van der Waals surface area (Å²) in [6.45, 7) is 3.55. The fourth-order valence-electron chi connectivity index (χ4n) is 2.67. The van der Waals surface area contributed by atoms with Gasteiger partial charge in [0.25, 0.3) is 0 Å². The second kappa shape index (κ2) is 6.59. The van der Waals surface area contributed by atoms with Gasteiger partial charge in [-0.15, -0.1) is 0 Å². The van der Waals surface area contributed by atoms with Crippen LogP contribution in [0.15, 0.2) is 42.7 Å². The lowest BCUT2D eigenvalue weighted by Crippen LogP contribution is -2.27. The van der Waals surface area contributed by atoms with Crippen molar-refractivity contribution in [3.05, 3.63) is 53.9 Å². The van der Waals surface area contributed by atoms with Gasteiger partial charge in [-0.1, -0.05) is 12.1 Å². The molecule has 0 amide bonds. The van der Waals surface area contributed by atoms with Crippen molar-refractivity contribution >= 4 is 0 Å². The minimum atomic E-state index is 0.722. The zero-order chi connectivity index (χ0) is 14.5. The van der Waals surface area contributed by atoms with Gasteiger partial charge in [-0.25, -0.2) is 0 Å². The molecule has 0 saturated carbocycles. The second-order valence-electron chi connectivity index (χ2n) is 5.22. The van der Waals surface area contributed by atoms with E-state index in [1.165, 1.54) is 11.1 Å². The molecule has 0 aliphatic carbocycles. The molecular formula is C17H20N2O2. The van der Waals surface area contributed by atoms with E-state index in [1.54, 1.807) is 7.11 Å². The fourth-order valence-corrected chi connectivity index (χ4v) is 2.67. The van der Waals surface area contributed by atoms with Crippen molar-refractivity contribution in [3.8, 4) is 11.5 Å². The minimum Gasteiger partial charge on any atom is -0.493 e. The fraction of sp³-hybridized carbons (Fsp3) is 0.353. The summed E-state index contributed by atoms with van der Waals surface area (Å²) in [4.78, 5) is 6.52. The lowest BCUT2D eigenvalue weighted by molar-refractivity contribution is 0.195. The van der Waals surface area contributed by atoms with Gasteiger partial charge in [-0.3, -0.25) is 9.88 Å². The summed E-state index contributed by atoms with van der Waals surface area (Å²) in [6, 6.07) is 10.2. The zero-order valence-corrected chi connectivity index (χ0v) is 12.3. The molecule has 2 aromatic rings. The zero-order valence-electron chi connectivity index (χ0n) is 12.3. The van der Waals surface area contributed by atoms with Gasteiger partial charge < -0.3 is 9.47 Å². The van der Waals surface area contributed by atoms with Crippen LogP contribution in [0.4, 0.5) is 0 Å². The smallest absolute Gasteiger partial charge is 0.165 e. The summed E-state index contributed by atoms with van der Waals surface area (Å²) in [5.74, 6) is 1.71. The molecule has 0 N–H and O–H groups in total. The molecule has 1 aliphatic heterocycles. The maximum Gasteiger partial charge on any atom is 0.165 e. The largest absolute Gasteiger partial charge is 0.493 e. The van der Waals surface area contributed by atoms with E-state index in [0.717, 1.165) is 44.2 Å². The number of rotatable bonds is 3. The molecule has 1 aromatic heterocycles. The Hall–Kier alpha value is -2.07. The first-order valence-electron chi connectivity index (χ1n) is 7.27. The first-order valence-corrected chi connectivity index (χ1v) is 7.27. The Morgan fingerprint density at radius 1 is 1.24 bits per heavy atom. The minimum absolute atomic E-state index is 0.722. The molecule has 0 bridgehead atoms. The normalized spacial score (nSPS) is 15.5. The van der Waals surface area contributed by atoms with Crippen LogP contribution in [0.2, 0.25) is 0 Å². The highest BCUT2D eigenvalue weighted by molar-refractivity contribution is 5.46. The molecule has 2 heterocycles. The van der Waals surface area contributed by atoms with E-state index in [1.807, 2.05) is 24.5 Å². The molecule has 3 rings (SSSR count). The predicted molar refractivity (Wildman–Crippen MR) is 81.5 cm³/mol. The quantitative estimate of drug-likeness (QED) is 0.868. The van der Waals surface area contributed by atoms with E-state index in [9.17, 15) is 0 Å². The summed E-state index contributed by atoms with van der Waals surface area (Å²) < 4.78 is 11.3.